The molecule has 88 valence electrons. The van der Waals surface area contributed by atoms with Crippen LogP contribution in [0.4, 0.5) is 0 Å². The Morgan fingerprint density at radius 2 is 2.22 bits per heavy atom. The molecular weight excluding hydrogens is 242 g/mol. The molecule has 4 heteroatoms. The van der Waals surface area contributed by atoms with E-state index in [9.17, 15) is 0 Å². The molecule has 0 saturated heterocycles. The first-order chi connectivity index (χ1) is 8.79. The van der Waals surface area contributed by atoms with Crippen LogP contribution in [0.1, 0.15) is 5.69 Å². The van der Waals surface area contributed by atoms with Crippen molar-refractivity contribution in [3.05, 3.63) is 41.5 Å². The van der Waals surface area contributed by atoms with Gasteiger partial charge in [-0.2, -0.15) is 5.26 Å². The van der Waals surface area contributed by atoms with Crippen LogP contribution in [0.3, 0.4) is 0 Å². The molecule has 3 aromatic rings. The summed E-state index contributed by atoms with van der Waals surface area (Å²) >= 11 is 1.60. The number of nitrogens with zero attached hydrogens (tertiary/aromatic N) is 3. The molecule has 0 fully saturated rings. The average molecular weight is 253 g/mol. The molecule has 0 atom stereocenters. The van der Waals surface area contributed by atoms with E-state index in [1.165, 1.54) is 10.9 Å². The summed E-state index contributed by atoms with van der Waals surface area (Å²) in [4.78, 5) is 4.52. The number of para-hydroxylation sites is 1. The number of hydrogen-bond acceptors (Lipinski definition) is 3. The zero-order valence-electron chi connectivity index (χ0n) is 9.92. The Labute approximate surface area is 109 Å². The van der Waals surface area contributed by atoms with Crippen LogP contribution in [-0.2, 0) is 13.5 Å². The van der Waals surface area contributed by atoms with E-state index in [2.05, 4.69) is 33.9 Å². The van der Waals surface area contributed by atoms with Crippen LogP contribution in [0.5, 0.6) is 0 Å². The zero-order valence-corrected chi connectivity index (χ0v) is 10.7. The quantitative estimate of drug-likeness (QED) is 0.702. The molecule has 3 rings (SSSR count). The van der Waals surface area contributed by atoms with Crippen LogP contribution in [0.2, 0.25) is 0 Å². The van der Waals surface area contributed by atoms with Crippen molar-refractivity contribution in [3.8, 4) is 16.6 Å². The first-order valence-corrected chi connectivity index (χ1v) is 6.53. The predicted octanol–water partition coefficient (Wildman–Crippen LogP) is 3.37. The third-order valence-corrected chi connectivity index (χ3v) is 3.86. The van der Waals surface area contributed by atoms with Gasteiger partial charge in [-0.05, 0) is 6.07 Å². The minimum atomic E-state index is 0.376. The minimum absolute atomic E-state index is 0.376. The molecule has 1 aromatic carbocycles. The lowest BCUT2D eigenvalue weighted by atomic mass is 10.2. The second-order valence-electron chi connectivity index (χ2n) is 4.15. The summed E-state index contributed by atoms with van der Waals surface area (Å²) in [5.74, 6) is 0. The highest BCUT2D eigenvalue weighted by Crippen LogP contribution is 2.32. The fraction of sp³-hybridized carbons (Fsp3) is 0.143. The Morgan fingerprint density at radius 1 is 1.39 bits per heavy atom. The van der Waals surface area contributed by atoms with Gasteiger partial charge in [0.15, 0.2) is 0 Å². The molecule has 0 amide bonds. The van der Waals surface area contributed by atoms with Crippen molar-refractivity contribution in [1.82, 2.24) is 9.55 Å². The maximum atomic E-state index is 8.69. The van der Waals surface area contributed by atoms with Crippen molar-refractivity contribution in [2.24, 2.45) is 7.05 Å². The molecule has 0 spiro atoms. The number of nitriles is 1. The highest BCUT2D eigenvalue weighted by molar-refractivity contribution is 7.13. The molecule has 18 heavy (non-hydrogen) atoms. The van der Waals surface area contributed by atoms with Gasteiger partial charge in [-0.3, -0.25) is 0 Å². The first-order valence-electron chi connectivity index (χ1n) is 5.65. The summed E-state index contributed by atoms with van der Waals surface area (Å²) in [6.45, 7) is 0. The number of benzene rings is 1. The predicted molar refractivity (Wildman–Crippen MR) is 73.3 cm³/mol. The van der Waals surface area contributed by atoms with Crippen LogP contribution in [-0.4, -0.2) is 9.55 Å². The number of fused-ring (bicyclic) bond motifs is 1. The fourth-order valence-electron chi connectivity index (χ4n) is 2.10. The second kappa shape index (κ2) is 4.28. The SMILES string of the molecule is Cn1cc(-c2nc(CC#N)cs2)c2ccccc21. The molecule has 0 bridgehead atoms. The lowest BCUT2D eigenvalue weighted by Gasteiger charge is -1.93. The minimum Gasteiger partial charge on any atom is -0.350 e. The van der Waals surface area contributed by atoms with Gasteiger partial charge in [0.2, 0.25) is 0 Å². The molecule has 2 heterocycles. The Balaban J connectivity index is 2.16. The molecule has 0 aliphatic carbocycles. The monoisotopic (exact) mass is 253 g/mol. The summed E-state index contributed by atoms with van der Waals surface area (Å²) < 4.78 is 2.11. The van der Waals surface area contributed by atoms with Crippen molar-refractivity contribution in [2.75, 3.05) is 0 Å². The molecule has 2 aromatic heterocycles. The third kappa shape index (κ3) is 1.69. The molecule has 0 aliphatic heterocycles. The van der Waals surface area contributed by atoms with Crippen LogP contribution in [0, 0.1) is 11.3 Å². The normalized spacial score (nSPS) is 10.7. The highest BCUT2D eigenvalue weighted by Gasteiger charge is 2.11. The van der Waals surface area contributed by atoms with Gasteiger partial charge in [0.25, 0.3) is 0 Å². The Bertz CT molecular complexity index is 746. The summed E-state index contributed by atoms with van der Waals surface area (Å²) in [5.41, 5.74) is 3.19. The molecule has 0 N–H and O–H groups in total. The molecule has 0 aliphatic rings. The lowest BCUT2D eigenvalue weighted by molar-refractivity contribution is 0.970. The number of aryl methyl sites for hydroxylation is 1. The van der Waals surface area contributed by atoms with Crippen molar-refractivity contribution < 1.29 is 0 Å². The van der Waals surface area contributed by atoms with E-state index < -0.39 is 0 Å². The van der Waals surface area contributed by atoms with Crippen LogP contribution < -0.4 is 0 Å². The second-order valence-corrected chi connectivity index (χ2v) is 5.01. The van der Waals surface area contributed by atoms with Crippen molar-refractivity contribution in [3.63, 3.8) is 0 Å². The van der Waals surface area contributed by atoms with Crippen LogP contribution in [0.25, 0.3) is 21.5 Å². The van der Waals surface area contributed by atoms with Gasteiger partial charge in [-0.15, -0.1) is 11.3 Å². The largest absolute Gasteiger partial charge is 0.350 e. The molecule has 3 nitrogen and oxygen atoms in total. The van der Waals surface area contributed by atoms with E-state index in [0.29, 0.717) is 6.42 Å². The number of aromatic nitrogens is 2. The summed E-state index contributed by atoms with van der Waals surface area (Å²) in [6, 6.07) is 10.4. The summed E-state index contributed by atoms with van der Waals surface area (Å²) in [6.07, 6.45) is 2.47. The molecular formula is C14H11N3S. The van der Waals surface area contributed by atoms with Crippen molar-refractivity contribution in [1.29, 1.82) is 5.26 Å². The Morgan fingerprint density at radius 3 is 3.06 bits per heavy atom. The maximum Gasteiger partial charge on any atom is 0.125 e. The van der Waals surface area contributed by atoms with Crippen molar-refractivity contribution in [2.45, 2.75) is 6.42 Å². The number of thiazole rings is 1. The van der Waals surface area contributed by atoms with Gasteiger partial charge in [0.1, 0.15) is 5.01 Å². The van der Waals surface area contributed by atoms with E-state index in [4.69, 9.17) is 5.26 Å². The van der Waals surface area contributed by atoms with E-state index in [1.807, 2.05) is 24.6 Å². The standard InChI is InChI=1S/C14H11N3S/c1-17-8-12(11-4-2-3-5-13(11)17)14-16-10(6-7-15)9-18-14/h2-5,8-9H,6H2,1H3. The average Bonchev–Trinajstić information content (AvgIpc) is 2.96. The molecule has 0 saturated carbocycles. The van der Waals surface area contributed by atoms with Gasteiger partial charge >= 0.3 is 0 Å². The van der Waals surface area contributed by atoms with E-state index in [-0.39, 0.29) is 0 Å². The van der Waals surface area contributed by atoms with Gasteiger partial charge in [-0.1, -0.05) is 18.2 Å². The van der Waals surface area contributed by atoms with E-state index >= 15 is 0 Å². The van der Waals surface area contributed by atoms with Crippen LogP contribution >= 0.6 is 11.3 Å². The lowest BCUT2D eigenvalue weighted by Crippen LogP contribution is -1.82. The van der Waals surface area contributed by atoms with E-state index in [1.54, 1.807) is 11.3 Å². The number of rotatable bonds is 2. The fourth-order valence-corrected chi connectivity index (χ4v) is 2.95. The number of hydrogen-bond donors (Lipinski definition) is 0. The molecule has 0 unspecified atom stereocenters. The Kier molecular flexibility index (Phi) is 2.62. The summed E-state index contributed by atoms with van der Waals surface area (Å²) in [7, 11) is 2.04. The van der Waals surface area contributed by atoms with E-state index in [0.717, 1.165) is 16.3 Å². The van der Waals surface area contributed by atoms with Gasteiger partial charge in [-0.25, -0.2) is 4.98 Å². The highest BCUT2D eigenvalue weighted by atomic mass is 32.1. The molecule has 0 radical (unpaired) electrons. The first kappa shape index (κ1) is 11.0. The topological polar surface area (TPSA) is 41.6 Å². The van der Waals surface area contributed by atoms with Gasteiger partial charge in [0, 0.05) is 35.1 Å². The van der Waals surface area contributed by atoms with Crippen molar-refractivity contribution >= 4 is 22.2 Å². The summed E-state index contributed by atoms with van der Waals surface area (Å²) in [5, 5.41) is 12.8. The third-order valence-electron chi connectivity index (χ3n) is 2.94. The smallest absolute Gasteiger partial charge is 0.125 e. The van der Waals surface area contributed by atoms with Crippen LogP contribution in [0.15, 0.2) is 35.8 Å². The van der Waals surface area contributed by atoms with Gasteiger partial charge in [0.05, 0.1) is 18.2 Å². The Hall–Kier alpha value is -2.12. The zero-order chi connectivity index (χ0) is 12.5. The van der Waals surface area contributed by atoms with Gasteiger partial charge < -0.3 is 4.57 Å². The maximum absolute atomic E-state index is 8.69.